The molecule has 0 radical (unpaired) electrons. The molecule has 0 fully saturated rings. The molecule has 4 N–H and O–H groups in total. The summed E-state index contributed by atoms with van der Waals surface area (Å²) in [5.41, 5.74) is 2.14. The Morgan fingerprint density at radius 3 is 2.72 bits per heavy atom. The van der Waals surface area contributed by atoms with Crippen molar-refractivity contribution >= 4 is 29.8 Å². The van der Waals surface area contributed by atoms with Gasteiger partial charge in [0.05, 0.1) is 17.1 Å². The van der Waals surface area contributed by atoms with E-state index < -0.39 is 22.8 Å². The molecule has 134 valence electrons. The number of hydrogen-bond acceptors (Lipinski definition) is 5. The molecule has 0 spiro atoms. The van der Waals surface area contributed by atoms with Gasteiger partial charge in [0.1, 0.15) is 5.75 Å². The third kappa shape index (κ3) is 3.15. The number of aromatic amines is 1. The number of benzene rings is 1. The quantitative estimate of drug-likeness (QED) is 0.665. The molecular weight excluding hydrogens is 346 g/mol. The lowest BCUT2D eigenvalue weighted by Gasteiger charge is -2.29. The van der Waals surface area contributed by atoms with Gasteiger partial charge in [0.15, 0.2) is 5.56 Å². The number of aromatic nitrogens is 1. The summed E-state index contributed by atoms with van der Waals surface area (Å²) in [6, 6.07) is 5.69. The van der Waals surface area contributed by atoms with Gasteiger partial charge in [0.25, 0.3) is 5.56 Å². The number of nitrogens with zero attached hydrogens (tertiary/aromatic N) is 1. The van der Waals surface area contributed by atoms with Gasteiger partial charge >= 0.3 is 5.97 Å². The van der Waals surface area contributed by atoms with E-state index in [9.17, 15) is 14.7 Å². The first kappa shape index (κ1) is 18.7. The Morgan fingerprint density at radius 1 is 1.36 bits per heavy atom. The molecule has 0 bridgehead atoms. The van der Waals surface area contributed by atoms with Gasteiger partial charge in [-0.2, -0.15) is 0 Å². The average molecular weight is 366 g/mol. The third-order valence-electron chi connectivity index (χ3n) is 4.32. The standard InChI is InChI=1S/C17H19N3O4.ClH/c1-3-10-14(19-16(22)13(15(10)21)17(23)24)9-4-5-12-11(8-9)18-6-7-20(12)2;/h4-5,8,18H,3,6-7H2,1-2H3,(H,23,24)(H2,19,21,22);1H. The lowest BCUT2D eigenvalue weighted by molar-refractivity contribution is 0.0691. The molecule has 0 aliphatic carbocycles. The van der Waals surface area contributed by atoms with Crippen molar-refractivity contribution in [3.8, 4) is 17.0 Å². The Hall–Kier alpha value is -2.67. The van der Waals surface area contributed by atoms with Crippen molar-refractivity contribution in [3.63, 3.8) is 0 Å². The molecule has 2 aromatic rings. The lowest BCUT2D eigenvalue weighted by atomic mass is 9.99. The number of nitrogens with one attached hydrogen (secondary N) is 2. The summed E-state index contributed by atoms with van der Waals surface area (Å²) in [7, 11) is 2.01. The maximum Gasteiger partial charge on any atom is 0.345 e. The first-order valence-electron chi connectivity index (χ1n) is 7.74. The topological polar surface area (TPSA) is 106 Å². The van der Waals surface area contributed by atoms with Crippen LogP contribution < -0.4 is 15.8 Å². The molecule has 1 aromatic heterocycles. The van der Waals surface area contributed by atoms with Crippen LogP contribution in [0.5, 0.6) is 5.75 Å². The summed E-state index contributed by atoms with van der Waals surface area (Å²) in [6.45, 7) is 3.51. The highest BCUT2D eigenvalue weighted by Crippen LogP contribution is 2.35. The van der Waals surface area contributed by atoms with E-state index in [1.807, 2.05) is 25.2 Å². The molecule has 8 heteroatoms. The van der Waals surface area contributed by atoms with Gasteiger partial charge in [0.2, 0.25) is 0 Å². The van der Waals surface area contributed by atoms with Crippen molar-refractivity contribution in [3.05, 3.63) is 39.7 Å². The van der Waals surface area contributed by atoms with Crippen LogP contribution in [0.1, 0.15) is 22.8 Å². The van der Waals surface area contributed by atoms with Crippen molar-refractivity contribution in [2.75, 3.05) is 30.4 Å². The van der Waals surface area contributed by atoms with Crippen molar-refractivity contribution in [2.24, 2.45) is 0 Å². The highest BCUT2D eigenvalue weighted by atomic mass is 35.5. The minimum atomic E-state index is -1.44. The molecule has 2 heterocycles. The predicted octanol–water partition coefficient (Wildman–Crippen LogP) is 2.29. The van der Waals surface area contributed by atoms with E-state index in [0.717, 1.165) is 30.0 Å². The molecule has 25 heavy (non-hydrogen) atoms. The first-order chi connectivity index (χ1) is 11.4. The number of carbonyl (C=O) groups is 1. The van der Waals surface area contributed by atoms with Gasteiger partial charge < -0.3 is 25.4 Å². The van der Waals surface area contributed by atoms with Crippen LogP contribution in [-0.4, -0.2) is 41.3 Å². The number of rotatable bonds is 3. The minimum Gasteiger partial charge on any atom is -0.506 e. The van der Waals surface area contributed by atoms with Crippen LogP contribution in [0.4, 0.5) is 11.4 Å². The highest BCUT2D eigenvalue weighted by Gasteiger charge is 2.22. The molecule has 3 rings (SSSR count). The first-order valence-corrected chi connectivity index (χ1v) is 7.74. The van der Waals surface area contributed by atoms with Crippen molar-refractivity contribution in [1.29, 1.82) is 0 Å². The second-order valence-electron chi connectivity index (χ2n) is 5.77. The maximum atomic E-state index is 12.1. The second kappa shape index (κ2) is 7.06. The highest BCUT2D eigenvalue weighted by molar-refractivity contribution is 5.92. The number of hydrogen-bond donors (Lipinski definition) is 4. The third-order valence-corrected chi connectivity index (χ3v) is 4.32. The summed E-state index contributed by atoms with van der Waals surface area (Å²) in [5.74, 6) is -1.91. The van der Waals surface area contributed by atoms with Gasteiger partial charge in [-0.3, -0.25) is 4.79 Å². The summed E-state index contributed by atoms with van der Waals surface area (Å²) in [4.78, 5) is 28.0. The fraction of sp³-hybridized carbons (Fsp3) is 0.294. The van der Waals surface area contributed by atoms with Crippen LogP contribution in [0.25, 0.3) is 11.3 Å². The lowest BCUT2D eigenvalue weighted by Crippen LogP contribution is -2.30. The Bertz CT molecular complexity index is 879. The van der Waals surface area contributed by atoms with Gasteiger partial charge in [0, 0.05) is 31.3 Å². The Kier molecular flexibility index (Phi) is 5.27. The number of pyridine rings is 1. The molecule has 1 aromatic carbocycles. The zero-order chi connectivity index (χ0) is 17.4. The Labute approximate surface area is 150 Å². The van der Waals surface area contributed by atoms with Crippen LogP contribution >= 0.6 is 12.4 Å². The number of aromatic hydroxyl groups is 1. The summed E-state index contributed by atoms with van der Waals surface area (Å²) < 4.78 is 0. The molecule has 0 unspecified atom stereocenters. The molecule has 0 atom stereocenters. The summed E-state index contributed by atoms with van der Waals surface area (Å²) >= 11 is 0. The molecule has 7 nitrogen and oxygen atoms in total. The van der Waals surface area contributed by atoms with Crippen molar-refractivity contribution in [1.82, 2.24) is 4.98 Å². The van der Waals surface area contributed by atoms with E-state index in [1.165, 1.54) is 0 Å². The molecule has 1 aliphatic rings. The molecule has 0 saturated heterocycles. The van der Waals surface area contributed by atoms with E-state index in [4.69, 9.17) is 5.11 Å². The summed E-state index contributed by atoms with van der Waals surface area (Å²) in [6.07, 6.45) is 0.392. The van der Waals surface area contributed by atoms with Gasteiger partial charge in [-0.25, -0.2) is 4.79 Å². The largest absolute Gasteiger partial charge is 0.506 e. The monoisotopic (exact) mass is 365 g/mol. The smallest absolute Gasteiger partial charge is 0.345 e. The zero-order valence-corrected chi connectivity index (χ0v) is 14.7. The van der Waals surface area contributed by atoms with Gasteiger partial charge in [-0.15, -0.1) is 12.4 Å². The van der Waals surface area contributed by atoms with Crippen LogP contribution in [0.3, 0.4) is 0 Å². The van der Waals surface area contributed by atoms with Crippen molar-refractivity contribution in [2.45, 2.75) is 13.3 Å². The second-order valence-corrected chi connectivity index (χ2v) is 5.77. The van der Waals surface area contributed by atoms with E-state index >= 15 is 0 Å². The number of aromatic carboxylic acids is 1. The number of fused-ring (bicyclic) bond motifs is 1. The van der Waals surface area contributed by atoms with E-state index in [0.29, 0.717) is 17.7 Å². The number of halogens is 1. The van der Waals surface area contributed by atoms with Gasteiger partial charge in [-0.1, -0.05) is 13.0 Å². The van der Waals surface area contributed by atoms with Crippen LogP contribution in [0.2, 0.25) is 0 Å². The fourth-order valence-corrected chi connectivity index (χ4v) is 3.06. The summed E-state index contributed by atoms with van der Waals surface area (Å²) in [5, 5.41) is 22.7. The van der Waals surface area contributed by atoms with Crippen LogP contribution in [0, 0.1) is 0 Å². The fourth-order valence-electron chi connectivity index (χ4n) is 3.06. The molecule has 0 amide bonds. The normalized spacial score (nSPS) is 12.8. The molecular formula is C17H20ClN3O4. The zero-order valence-electron chi connectivity index (χ0n) is 13.9. The number of likely N-dealkylation sites (N-methyl/N-ethyl adjacent to an activating group) is 1. The number of H-pyrrole nitrogens is 1. The SMILES string of the molecule is CCc1c(-c2ccc3c(c2)NCCN3C)[nH]c(=O)c(C(=O)O)c1O.Cl. The molecule has 0 saturated carbocycles. The number of anilines is 2. The van der Waals surface area contributed by atoms with Crippen molar-refractivity contribution < 1.29 is 15.0 Å². The number of carboxylic acid groups (broad SMARTS) is 1. The number of carboxylic acids is 1. The average Bonchev–Trinajstić information content (AvgIpc) is 2.54. The van der Waals surface area contributed by atoms with Crippen LogP contribution in [-0.2, 0) is 6.42 Å². The van der Waals surface area contributed by atoms with E-state index in [1.54, 1.807) is 6.92 Å². The van der Waals surface area contributed by atoms with Gasteiger partial charge in [-0.05, 0) is 18.6 Å². The van der Waals surface area contributed by atoms with E-state index in [-0.39, 0.29) is 12.4 Å². The Balaban J connectivity index is 0.00000225. The Morgan fingerprint density at radius 2 is 2.08 bits per heavy atom. The minimum absolute atomic E-state index is 0. The maximum absolute atomic E-state index is 12.1. The van der Waals surface area contributed by atoms with E-state index in [2.05, 4.69) is 15.2 Å². The van der Waals surface area contributed by atoms with Crippen LogP contribution in [0.15, 0.2) is 23.0 Å². The predicted molar refractivity (Wildman–Crippen MR) is 99.5 cm³/mol. The molecule has 1 aliphatic heterocycles.